The molecule has 0 saturated heterocycles. The molecule has 0 unspecified atom stereocenters. The molecule has 0 atom stereocenters. The summed E-state index contributed by atoms with van der Waals surface area (Å²) in [7, 11) is 1.78. The van der Waals surface area contributed by atoms with Crippen molar-refractivity contribution < 1.29 is 4.74 Å². The molecule has 2 aromatic rings. The fourth-order valence-electron chi connectivity index (χ4n) is 2.43. The first-order valence-corrected chi connectivity index (χ1v) is 8.77. The van der Waals surface area contributed by atoms with Crippen LogP contribution in [0.4, 0.5) is 5.69 Å². The van der Waals surface area contributed by atoms with Crippen molar-refractivity contribution in [3.63, 3.8) is 0 Å². The van der Waals surface area contributed by atoms with Gasteiger partial charge in [-0.1, -0.05) is 36.4 Å². The molecule has 2 aromatic carbocycles. The summed E-state index contributed by atoms with van der Waals surface area (Å²) in [5.41, 5.74) is 2.27. The van der Waals surface area contributed by atoms with Gasteiger partial charge in [0.1, 0.15) is 5.75 Å². The van der Waals surface area contributed by atoms with Crippen LogP contribution in [0.2, 0.25) is 0 Å². The summed E-state index contributed by atoms with van der Waals surface area (Å²) in [4.78, 5) is 4.27. The van der Waals surface area contributed by atoms with Gasteiger partial charge >= 0.3 is 0 Å². The van der Waals surface area contributed by atoms with Crippen molar-refractivity contribution in [2.75, 3.05) is 32.1 Å². The summed E-state index contributed by atoms with van der Waals surface area (Å²) in [6, 6.07) is 18.3. The lowest BCUT2D eigenvalue weighted by Gasteiger charge is -2.14. The molecule has 0 spiro atoms. The van der Waals surface area contributed by atoms with Gasteiger partial charge in [-0.25, -0.2) is 0 Å². The average molecular weight is 340 g/mol. The lowest BCUT2D eigenvalue weighted by molar-refractivity contribution is 0.336. The molecule has 0 saturated carbocycles. The first kappa shape index (κ1) is 18.6. The molecular weight excluding hydrogens is 312 g/mol. The van der Waals surface area contributed by atoms with Gasteiger partial charge in [0.15, 0.2) is 5.96 Å². The Kier molecular flexibility index (Phi) is 8.18. The zero-order chi connectivity index (χ0) is 17.7. The van der Waals surface area contributed by atoms with Gasteiger partial charge in [0.2, 0.25) is 0 Å². The first-order chi connectivity index (χ1) is 12.3. The number of aliphatic imine (C=N–C) groups is 1. The SMILES string of the molecule is CCOc1ccccc1CNC(=NC)NCCCNc1ccccc1. The summed E-state index contributed by atoms with van der Waals surface area (Å²) in [5, 5.41) is 10.1. The number of hydrogen-bond acceptors (Lipinski definition) is 3. The Morgan fingerprint density at radius 1 is 0.960 bits per heavy atom. The number of para-hydroxylation sites is 2. The highest BCUT2D eigenvalue weighted by Gasteiger charge is 2.03. The molecule has 0 bridgehead atoms. The molecule has 0 amide bonds. The first-order valence-electron chi connectivity index (χ1n) is 8.77. The Bertz CT molecular complexity index is 643. The fourth-order valence-corrected chi connectivity index (χ4v) is 2.43. The van der Waals surface area contributed by atoms with Crippen LogP contribution in [-0.2, 0) is 6.54 Å². The molecular formula is C20H28N4O. The van der Waals surface area contributed by atoms with E-state index in [-0.39, 0.29) is 0 Å². The molecule has 3 N–H and O–H groups in total. The largest absolute Gasteiger partial charge is 0.494 e. The molecule has 25 heavy (non-hydrogen) atoms. The van der Waals surface area contributed by atoms with Crippen LogP contribution in [0.15, 0.2) is 59.6 Å². The lowest BCUT2D eigenvalue weighted by atomic mass is 10.2. The predicted molar refractivity (Wildman–Crippen MR) is 105 cm³/mol. The summed E-state index contributed by atoms with van der Waals surface area (Å²) in [6.07, 6.45) is 1.01. The van der Waals surface area contributed by atoms with E-state index < -0.39 is 0 Å². The second-order valence-corrected chi connectivity index (χ2v) is 5.54. The van der Waals surface area contributed by atoms with Crippen molar-refractivity contribution in [3.8, 4) is 5.75 Å². The number of nitrogens with zero attached hydrogens (tertiary/aromatic N) is 1. The number of rotatable bonds is 9. The molecule has 0 radical (unpaired) electrons. The van der Waals surface area contributed by atoms with Gasteiger partial charge in [-0.2, -0.15) is 0 Å². The number of benzene rings is 2. The second-order valence-electron chi connectivity index (χ2n) is 5.54. The molecule has 0 heterocycles. The zero-order valence-electron chi connectivity index (χ0n) is 15.1. The van der Waals surface area contributed by atoms with Gasteiger partial charge in [-0.3, -0.25) is 4.99 Å². The maximum absolute atomic E-state index is 5.65. The Balaban J connectivity index is 1.69. The molecule has 5 nitrogen and oxygen atoms in total. The average Bonchev–Trinajstić information content (AvgIpc) is 2.66. The van der Waals surface area contributed by atoms with Gasteiger partial charge in [0.25, 0.3) is 0 Å². The summed E-state index contributed by atoms with van der Waals surface area (Å²) in [5.74, 6) is 1.71. The van der Waals surface area contributed by atoms with E-state index in [1.807, 2.05) is 43.3 Å². The zero-order valence-corrected chi connectivity index (χ0v) is 15.1. The van der Waals surface area contributed by atoms with Crippen molar-refractivity contribution >= 4 is 11.6 Å². The number of guanidine groups is 1. The Morgan fingerprint density at radius 2 is 1.72 bits per heavy atom. The van der Waals surface area contributed by atoms with Crippen LogP contribution >= 0.6 is 0 Å². The van der Waals surface area contributed by atoms with E-state index in [2.05, 4.69) is 39.1 Å². The third-order valence-electron chi connectivity index (χ3n) is 3.69. The number of anilines is 1. The number of hydrogen-bond donors (Lipinski definition) is 3. The smallest absolute Gasteiger partial charge is 0.191 e. The van der Waals surface area contributed by atoms with Crippen LogP contribution in [0.3, 0.4) is 0 Å². The van der Waals surface area contributed by atoms with E-state index in [9.17, 15) is 0 Å². The summed E-state index contributed by atoms with van der Waals surface area (Å²) in [6.45, 7) is 5.11. The van der Waals surface area contributed by atoms with Crippen LogP contribution in [0, 0.1) is 0 Å². The van der Waals surface area contributed by atoms with E-state index in [0.717, 1.165) is 42.5 Å². The van der Waals surface area contributed by atoms with Gasteiger partial charge < -0.3 is 20.7 Å². The maximum atomic E-state index is 5.65. The highest BCUT2D eigenvalue weighted by molar-refractivity contribution is 5.79. The van der Waals surface area contributed by atoms with Gasteiger partial charge in [0.05, 0.1) is 6.61 Å². The topological polar surface area (TPSA) is 57.7 Å². The highest BCUT2D eigenvalue weighted by atomic mass is 16.5. The molecule has 0 aliphatic rings. The second kappa shape index (κ2) is 11.0. The minimum atomic E-state index is 0.665. The molecule has 0 fully saturated rings. The van der Waals surface area contributed by atoms with Crippen LogP contribution in [0.25, 0.3) is 0 Å². The van der Waals surface area contributed by atoms with E-state index in [1.165, 1.54) is 0 Å². The Hall–Kier alpha value is -2.69. The number of ether oxygens (including phenoxy) is 1. The third-order valence-corrected chi connectivity index (χ3v) is 3.69. The lowest BCUT2D eigenvalue weighted by Crippen LogP contribution is -2.37. The van der Waals surface area contributed by atoms with Crippen LogP contribution in [-0.4, -0.2) is 32.7 Å². The van der Waals surface area contributed by atoms with Crippen molar-refractivity contribution in [2.24, 2.45) is 4.99 Å². The van der Waals surface area contributed by atoms with Gasteiger partial charge in [0, 0.05) is 37.9 Å². The molecule has 134 valence electrons. The van der Waals surface area contributed by atoms with E-state index in [4.69, 9.17) is 4.74 Å². The van der Waals surface area contributed by atoms with Gasteiger partial charge in [-0.15, -0.1) is 0 Å². The number of nitrogens with one attached hydrogen (secondary N) is 3. The van der Waals surface area contributed by atoms with Crippen molar-refractivity contribution in [3.05, 3.63) is 60.2 Å². The van der Waals surface area contributed by atoms with Crippen molar-refractivity contribution in [1.82, 2.24) is 10.6 Å². The Labute approximate surface area is 150 Å². The third kappa shape index (κ3) is 6.75. The van der Waals surface area contributed by atoms with Crippen molar-refractivity contribution in [2.45, 2.75) is 19.9 Å². The molecule has 0 aliphatic heterocycles. The predicted octanol–water partition coefficient (Wildman–Crippen LogP) is 3.25. The molecule has 0 aliphatic carbocycles. The molecule has 2 rings (SSSR count). The van der Waals surface area contributed by atoms with Gasteiger partial charge in [-0.05, 0) is 31.5 Å². The van der Waals surface area contributed by atoms with Crippen LogP contribution < -0.4 is 20.7 Å². The van der Waals surface area contributed by atoms with Crippen LogP contribution in [0.1, 0.15) is 18.9 Å². The maximum Gasteiger partial charge on any atom is 0.191 e. The van der Waals surface area contributed by atoms with Crippen molar-refractivity contribution in [1.29, 1.82) is 0 Å². The minimum absolute atomic E-state index is 0.665. The Morgan fingerprint density at radius 3 is 2.48 bits per heavy atom. The normalized spacial score (nSPS) is 11.0. The quantitative estimate of drug-likeness (QED) is 0.373. The standard InChI is InChI=1S/C20H28N4O/c1-3-25-19-13-8-7-10-17(19)16-24-20(21-2)23-15-9-14-22-18-11-5-4-6-12-18/h4-8,10-13,22H,3,9,14-16H2,1-2H3,(H2,21,23,24). The van der Waals surface area contributed by atoms with E-state index in [0.29, 0.717) is 13.2 Å². The highest BCUT2D eigenvalue weighted by Crippen LogP contribution is 2.17. The summed E-state index contributed by atoms with van der Waals surface area (Å²) < 4.78 is 5.65. The summed E-state index contributed by atoms with van der Waals surface area (Å²) >= 11 is 0. The molecule has 0 aromatic heterocycles. The van der Waals surface area contributed by atoms with E-state index in [1.54, 1.807) is 7.05 Å². The fraction of sp³-hybridized carbons (Fsp3) is 0.350. The minimum Gasteiger partial charge on any atom is -0.494 e. The van der Waals surface area contributed by atoms with Crippen LogP contribution in [0.5, 0.6) is 5.75 Å². The monoisotopic (exact) mass is 340 g/mol. The van der Waals surface area contributed by atoms with E-state index >= 15 is 0 Å². The molecule has 5 heteroatoms.